The molecule has 2 N–H and O–H groups in total. The zero-order valence-corrected chi connectivity index (χ0v) is 17.6. The molecule has 28 heavy (non-hydrogen) atoms. The van der Waals surface area contributed by atoms with Crippen LogP contribution in [0.1, 0.15) is 29.9 Å². The number of nitrogens with zero attached hydrogens (tertiary/aromatic N) is 3. The summed E-state index contributed by atoms with van der Waals surface area (Å²) >= 11 is 9.15. The number of thiocarbonyl (C=S) groups is 1. The van der Waals surface area contributed by atoms with Crippen LogP contribution in [0.2, 0.25) is 0 Å². The second-order valence-corrected chi connectivity index (χ2v) is 7.98. The molecule has 3 heterocycles. The van der Waals surface area contributed by atoms with Crippen LogP contribution in [0.3, 0.4) is 0 Å². The van der Waals surface area contributed by atoms with Crippen molar-refractivity contribution < 1.29 is 5.11 Å². The summed E-state index contributed by atoms with van der Waals surface area (Å²) in [6.07, 6.45) is 4.53. The minimum Gasteiger partial charge on any atom is -0.396 e. The van der Waals surface area contributed by atoms with Gasteiger partial charge in [0.25, 0.3) is 0 Å². The molecular formula is C21H21BrN4OS. The van der Waals surface area contributed by atoms with Gasteiger partial charge in [-0.3, -0.25) is 4.98 Å². The second kappa shape index (κ2) is 8.43. The van der Waals surface area contributed by atoms with Crippen molar-refractivity contribution in [1.82, 2.24) is 19.8 Å². The minimum absolute atomic E-state index is 0.0207. The molecular weight excluding hydrogens is 436 g/mol. The fraction of sp³-hybridized carbons (Fsp3) is 0.238. The van der Waals surface area contributed by atoms with Gasteiger partial charge in [-0.1, -0.05) is 22.0 Å². The monoisotopic (exact) mass is 456 g/mol. The fourth-order valence-corrected chi connectivity index (χ4v) is 4.28. The number of halogens is 1. The first kappa shape index (κ1) is 19.1. The second-order valence-electron chi connectivity index (χ2n) is 6.68. The maximum atomic E-state index is 9.36. The molecule has 1 aliphatic heterocycles. The van der Waals surface area contributed by atoms with E-state index >= 15 is 0 Å². The largest absolute Gasteiger partial charge is 0.396 e. The molecule has 4 rings (SSSR count). The van der Waals surface area contributed by atoms with Gasteiger partial charge in [0, 0.05) is 41.4 Å². The third-order valence-corrected chi connectivity index (χ3v) is 5.82. The van der Waals surface area contributed by atoms with Crippen LogP contribution in [0, 0.1) is 0 Å². The molecule has 0 aliphatic carbocycles. The van der Waals surface area contributed by atoms with Crippen LogP contribution in [-0.4, -0.2) is 37.8 Å². The fourth-order valence-electron chi connectivity index (χ4n) is 3.68. The van der Waals surface area contributed by atoms with Crippen molar-refractivity contribution in [2.24, 2.45) is 0 Å². The summed E-state index contributed by atoms with van der Waals surface area (Å²) in [7, 11) is 0. The number of benzene rings is 1. The summed E-state index contributed by atoms with van der Waals surface area (Å²) in [5.74, 6) is 0. The molecule has 0 bridgehead atoms. The number of aliphatic hydroxyl groups is 1. The number of pyridine rings is 1. The van der Waals surface area contributed by atoms with Crippen LogP contribution in [-0.2, 0) is 0 Å². The van der Waals surface area contributed by atoms with Crippen LogP contribution in [0.15, 0.2) is 71.5 Å². The molecule has 0 radical (unpaired) electrons. The Morgan fingerprint density at radius 3 is 2.64 bits per heavy atom. The van der Waals surface area contributed by atoms with E-state index < -0.39 is 0 Å². The number of aliphatic hydroxyl groups excluding tert-OH is 1. The summed E-state index contributed by atoms with van der Waals surface area (Å²) in [6.45, 7) is 0.815. The lowest BCUT2D eigenvalue weighted by molar-refractivity contribution is 0.245. The van der Waals surface area contributed by atoms with E-state index in [2.05, 4.69) is 66.2 Å². The summed E-state index contributed by atoms with van der Waals surface area (Å²) in [5, 5.41) is 13.5. The molecule has 1 aromatic carbocycles. The van der Waals surface area contributed by atoms with E-state index in [1.807, 2.05) is 30.3 Å². The molecule has 1 aliphatic rings. The Labute approximate surface area is 178 Å². The third kappa shape index (κ3) is 3.70. The molecule has 2 aromatic heterocycles. The van der Waals surface area contributed by atoms with Gasteiger partial charge < -0.3 is 19.9 Å². The van der Waals surface area contributed by atoms with E-state index in [1.165, 1.54) is 0 Å². The van der Waals surface area contributed by atoms with E-state index in [0.29, 0.717) is 18.1 Å². The number of hydrogen-bond acceptors (Lipinski definition) is 3. The van der Waals surface area contributed by atoms with E-state index in [4.69, 9.17) is 12.2 Å². The van der Waals surface area contributed by atoms with Gasteiger partial charge in [-0.25, -0.2) is 0 Å². The number of nitrogens with one attached hydrogen (secondary N) is 1. The molecule has 5 nitrogen and oxygen atoms in total. The highest BCUT2D eigenvalue weighted by atomic mass is 79.9. The van der Waals surface area contributed by atoms with Gasteiger partial charge in [-0.2, -0.15) is 0 Å². The number of aromatic nitrogens is 2. The summed E-state index contributed by atoms with van der Waals surface area (Å²) < 4.78 is 3.24. The van der Waals surface area contributed by atoms with E-state index in [-0.39, 0.29) is 18.7 Å². The first-order chi connectivity index (χ1) is 13.7. The van der Waals surface area contributed by atoms with Crippen molar-refractivity contribution in [3.8, 4) is 5.69 Å². The zero-order valence-electron chi connectivity index (χ0n) is 15.2. The first-order valence-electron chi connectivity index (χ1n) is 9.21. The predicted octanol–water partition coefficient (Wildman–Crippen LogP) is 3.99. The van der Waals surface area contributed by atoms with Crippen molar-refractivity contribution in [2.75, 3.05) is 13.2 Å². The predicted molar refractivity (Wildman–Crippen MR) is 117 cm³/mol. The Kier molecular flexibility index (Phi) is 5.75. The molecule has 2 atom stereocenters. The SMILES string of the molecule is OCCCN1C(=S)N[C@@H](c2ccccn2)[C@@H]1c1cccn1-c1ccc(Br)cc1. The maximum Gasteiger partial charge on any atom is 0.170 e. The molecule has 144 valence electrons. The minimum atomic E-state index is -0.0588. The Balaban J connectivity index is 1.78. The Morgan fingerprint density at radius 2 is 1.93 bits per heavy atom. The highest BCUT2D eigenvalue weighted by molar-refractivity contribution is 9.10. The van der Waals surface area contributed by atoms with E-state index in [9.17, 15) is 5.11 Å². The summed E-state index contributed by atoms with van der Waals surface area (Å²) in [6, 6.07) is 18.3. The highest BCUT2D eigenvalue weighted by Gasteiger charge is 2.40. The molecule has 0 saturated carbocycles. The van der Waals surface area contributed by atoms with Crippen molar-refractivity contribution >= 4 is 33.3 Å². The van der Waals surface area contributed by atoms with Gasteiger partial charge in [-0.15, -0.1) is 0 Å². The quantitative estimate of drug-likeness (QED) is 0.549. The van der Waals surface area contributed by atoms with Crippen LogP contribution in [0.5, 0.6) is 0 Å². The standard InChI is InChI=1S/C21H21BrN4OS/c22-15-7-9-16(10-8-15)25-12-3-6-18(25)20-19(17-5-1-2-11-23-17)24-21(28)26(20)13-4-14-27/h1-3,5-12,19-20,27H,4,13-14H2,(H,24,28)/t19-,20-/m0/s1. The molecule has 3 aromatic rings. The van der Waals surface area contributed by atoms with Gasteiger partial charge in [0.2, 0.25) is 0 Å². The lowest BCUT2D eigenvalue weighted by Gasteiger charge is -2.28. The average Bonchev–Trinajstić information content (AvgIpc) is 3.32. The Hall–Kier alpha value is -2.22. The van der Waals surface area contributed by atoms with Gasteiger partial charge in [0.1, 0.15) is 0 Å². The molecule has 1 saturated heterocycles. The smallest absolute Gasteiger partial charge is 0.170 e. The van der Waals surface area contributed by atoms with Gasteiger partial charge in [0.05, 0.1) is 17.8 Å². The molecule has 0 spiro atoms. The summed E-state index contributed by atoms with van der Waals surface area (Å²) in [4.78, 5) is 6.73. The van der Waals surface area contributed by atoms with Crippen molar-refractivity contribution in [1.29, 1.82) is 0 Å². The van der Waals surface area contributed by atoms with Crippen molar-refractivity contribution in [3.05, 3.63) is 82.9 Å². The van der Waals surface area contributed by atoms with Crippen molar-refractivity contribution in [3.63, 3.8) is 0 Å². The normalized spacial score (nSPS) is 19.1. The molecule has 7 heteroatoms. The number of hydrogen-bond donors (Lipinski definition) is 2. The lowest BCUT2D eigenvalue weighted by atomic mass is 10.0. The molecule has 1 fully saturated rings. The first-order valence-corrected chi connectivity index (χ1v) is 10.4. The van der Waals surface area contributed by atoms with Crippen molar-refractivity contribution in [2.45, 2.75) is 18.5 Å². The number of rotatable bonds is 6. The van der Waals surface area contributed by atoms with E-state index in [0.717, 1.165) is 21.5 Å². The third-order valence-electron chi connectivity index (χ3n) is 4.94. The molecule has 0 amide bonds. The topological polar surface area (TPSA) is 53.3 Å². The maximum absolute atomic E-state index is 9.36. The zero-order chi connectivity index (χ0) is 19.5. The highest BCUT2D eigenvalue weighted by Crippen LogP contribution is 2.39. The van der Waals surface area contributed by atoms with E-state index in [1.54, 1.807) is 6.20 Å². The van der Waals surface area contributed by atoms with Gasteiger partial charge >= 0.3 is 0 Å². The Bertz CT molecular complexity index is 945. The Morgan fingerprint density at radius 1 is 1.11 bits per heavy atom. The molecule has 0 unspecified atom stereocenters. The lowest BCUT2D eigenvalue weighted by Crippen LogP contribution is -2.31. The van der Waals surface area contributed by atoms with Crippen LogP contribution in [0.25, 0.3) is 5.69 Å². The van der Waals surface area contributed by atoms with Gasteiger partial charge in [0.15, 0.2) is 5.11 Å². The average molecular weight is 457 g/mol. The van der Waals surface area contributed by atoms with Crippen LogP contribution in [0.4, 0.5) is 0 Å². The summed E-state index contributed by atoms with van der Waals surface area (Å²) in [5.41, 5.74) is 3.16. The van der Waals surface area contributed by atoms with Gasteiger partial charge in [-0.05, 0) is 67.2 Å². The van der Waals surface area contributed by atoms with Crippen LogP contribution < -0.4 is 5.32 Å². The van der Waals surface area contributed by atoms with Crippen LogP contribution >= 0.6 is 28.1 Å².